The van der Waals surface area contributed by atoms with Crippen LogP contribution in [0.3, 0.4) is 0 Å². The maximum Gasteiger partial charge on any atom is 0.338 e. The first-order valence-corrected chi connectivity index (χ1v) is 9.52. The van der Waals surface area contributed by atoms with Gasteiger partial charge in [0.05, 0.1) is 23.4 Å². The monoisotopic (exact) mass is 393 g/mol. The van der Waals surface area contributed by atoms with Crippen LogP contribution >= 0.6 is 0 Å². The Kier molecular flexibility index (Phi) is 5.82. The summed E-state index contributed by atoms with van der Waals surface area (Å²) in [6, 6.07) is 11.5. The average molecular weight is 393 g/mol. The molecular weight excluding hydrogens is 370 g/mol. The Morgan fingerprint density at radius 2 is 1.83 bits per heavy atom. The summed E-state index contributed by atoms with van der Waals surface area (Å²) < 4.78 is 5.19. The second kappa shape index (κ2) is 8.31. The number of imide groups is 1. The number of anilines is 1. The van der Waals surface area contributed by atoms with Gasteiger partial charge in [0, 0.05) is 0 Å². The van der Waals surface area contributed by atoms with E-state index in [-0.39, 0.29) is 16.8 Å². The number of aryl methyl sites for hydroxylation is 2. The van der Waals surface area contributed by atoms with Gasteiger partial charge in [0.25, 0.3) is 5.91 Å². The molecule has 0 saturated carbocycles. The lowest BCUT2D eigenvalue weighted by Crippen LogP contribution is -2.31. The number of carbonyl (C=O) groups excluding carboxylic acids is 3. The molecule has 1 aliphatic rings. The highest BCUT2D eigenvalue weighted by Gasteiger charge is 2.40. The molecule has 1 aliphatic heterocycles. The number of benzene rings is 2. The van der Waals surface area contributed by atoms with Gasteiger partial charge in [-0.25, -0.2) is 9.69 Å². The van der Waals surface area contributed by atoms with Gasteiger partial charge in [-0.3, -0.25) is 9.59 Å². The van der Waals surface area contributed by atoms with E-state index in [1.165, 1.54) is 12.1 Å². The van der Waals surface area contributed by atoms with E-state index < -0.39 is 23.5 Å². The number of hydrogen-bond acceptors (Lipinski definition) is 5. The zero-order valence-corrected chi connectivity index (χ0v) is 16.7. The number of amides is 2. The Bertz CT molecular complexity index is 1020. The molecule has 0 radical (unpaired) electrons. The Balaban J connectivity index is 1.92. The van der Waals surface area contributed by atoms with Crippen LogP contribution in [0, 0.1) is 13.8 Å². The van der Waals surface area contributed by atoms with Crippen LogP contribution < -0.4 is 4.90 Å². The van der Waals surface area contributed by atoms with Crippen LogP contribution in [0.2, 0.25) is 0 Å². The van der Waals surface area contributed by atoms with Crippen LogP contribution in [0.1, 0.15) is 46.8 Å². The van der Waals surface area contributed by atoms with Gasteiger partial charge < -0.3 is 9.84 Å². The van der Waals surface area contributed by atoms with Crippen molar-refractivity contribution < 1.29 is 24.2 Å². The van der Waals surface area contributed by atoms with E-state index in [4.69, 9.17) is 4.74 Å². The van der Waals surface area contributed by atoms with Crippen molar-refractivity contribution in [2.24, 2.45) is 0 Å². The number of nitrogens with zero attached hydrogens (tertiary/aromatic N) is 1. The maximum absolute atomic E-state index is 13.0. The predicted octanol–water partition coefficient (Wildman–Crippen LogP) is 4.10. The minimum absolute atomic E-state index is 0.0385. The van der Waals surface area contributed by atoms with Crippen molar-refractivity contribution in [3.63, 3.8) is 0 Å². The molecule has 29 heavy (non-hydrogen) atoms. The molecule has 3 rings (SSSR count). The lowest BCUT2D eigenvalue weighted by molar-refractivity contribution is -0.121. The molecule has 0 atom stereocenters. The molecule has 0 fully saturated rings. The van der Waals surface area contributed by atoms with Gasteiger partial charge in [0.2, 0.25) is 0 Å². The van der Waals surface area contributed by atoms with Crippen LogP contribution in [0.5, 0.6) is 0 Å². The van der Waals surface area contributed by atoms with Gasteiger partial charge in [0.1, 0.15) is 0 Å². The van der Waals surface area contributed by atoms with E-state index in [1.54, 1.807) is 18.2 Å². The third-order valence-electron chi connectivity index (χ3n) is 4.78. The number of rotatable bonds is 6. The van der Waals surface area contributed by atoms with E-state index >= 15 is 0 Å². The first-order chi connectivity index (χ1) is 13.8. The molecule has 2 amide bonds. The van der Waals surface area contributed by atoms with E-state index in [9.17, 15) is 19.5 Å². The van der Waals surface area contributed by atoms with E-state index in [0.717, 1.165) is 28.9 Å². The first-order valence-electron chi connectivity index (χ1n) is 9.52. The summed E-state index contributed by atoms with van der Waals surface area (Å²) >= 11 is 0. The molecule has 1 N–H and O–H groups in total. The van der Waals surface area contributed by atoms with Crippen molar-refractivity contribution in [2.75, 3.05) is 11.5 Å². The van der Waals surface area contributed by atoms with Gasteiger partial charge in [-0.15, -0.1) is 0 Å². The van der Waals surface area contributed by atoms with Gasteiger partial charge in [0.15, 0.2) is 5.76 Å². The number of ether oxygens (including phenoxy) is 1. The first kappa shape index (κ1) is 20.3. The lowest BCUT2D eigenvalue weighted by Gasteiger charge is -2.16. The molecule has 6 heteroatoms. The Hall–Kier alpha value is -3.41. The number of aliphatic hydroxyl groups is 1. The fourth-order valence-corrected chi connectivity index (χ4v) is 3.25. The van der Waals surface area contributed by atoms with Gasteiger partial charge >= 0.3 is 11.9 Å². The summed E-state index contributed by atoms with van der Waals surface area (Å²) in [7, 11) is 0. The predicted molar refractivity (Wildman–Crippen MR) is 110 cm³/mol. The summed E-state index contributed by atoms with van der Waals surface area (Å²) in [5.41, 5.74) is 2.69. The molecule has 2 aromatic rings. The Morgan fingerprint density at radius 1 is 1.07 bits per heavy atom. The third-order valence-corrected chi connectivity index (χ3v) is 4.78. The summed E-state index contributed by atoms with van der Waals surface area (Å²) in [5.74, 6) is -2.57. The fourth-order valence-electron chi connectivity index (χ4n) is 3.25. The fraction of sp³-hybridized carbons (Fsp3) is 0.261. The SMILES string of the molecule is CCCCOC(=O)c1cccc(N2C(=O)C(O)=C(c3ccc(C)cc3C)C2=O)c1. The molecule has 0 aliphatic carbocycles. The van der Waals surface area contributed by atoms with Crippen molar-refractivity contribution >= 4 is 29.0 Å². The second-order valence-electron chi connectivity index (χ2n) is 7.03. The molecule has 0 saturated heterocycles. The number of carbonyl (C=O) groups is 3. The minimum atomic E-state index is -0.818. The van der Waals surface area contributed by atoms with Crippen molar-refractivity contribution in [1.82, 2.24) is 0 Å². The van der Waals surface area contributed by atoms with Crippen molar-refractivity contribution in [3.05, 3.63) is 70.5 Å². The van der Waals surface area contributed by atoms with Crippen LogP contribution in [0.4, 0.5) is 5.69 Å². The summed E-state index contributed by atoms with van der Waals surface area (Å²) in [6.45, 7) is 6.03. The number of esters is 1. The van der Waals surface area contributed by atoms with Crippen molar-refractivity contribution in [1.29, 1.82) is 0 Å². The summed E-state index contributed by atoms with van der Waals surface area (Å²) in [5, 5.41) is 10.4. The van der Waals surface area contributed by atoms with E-state index in [1.807, 2.05) is 32.9 Å². The van der Waals surface area contributed by atoms with Crippen molar-refractivity contribution in [3.8, 4) is 0 Å². The molecule has 0 spiro atoms. The normalized spacial score (nSPS) is 14.0. The molecule has 1 heterocycles. The zero-order chi connectivity index (χ0) is 21.1. The molecule has 0 bridgehead atoms. The van der Waals surface area contributed by atoms with Gasteiger partial charge in [-0.05, 0) is 49.6 Å². The maximum atomic E-state index is 13.0. The highest BCUT2D eigenvalue weighted by atomic mass is 16.5. The third kappa shape index (κ3) is 3.92. The highest BCUT2D eigenvalue weighted by molar-refractivity contribution is 6.45. The van der Waals surface area contributed by atoms with Gasteiger partial charge in [-0.1, -0.05) is 43.2 Å². The average Bonchev–Trinajstić information content (AvgIpc) is 2.91. The number of hydrogen-bond donors (Lipinski definition) is 1. The Labute approximate surface area is 169 Å². The van der Waals surface area contributed by atoms with Crippen molar-refractivity contribution in [2.45, 2.75) is 33.6 Å². The van der Waals surface area contributed by atoms with E-state index in [2.05, 4.69) is 0 Å². The van der Waals surface area contributed by atoms with Crippen LogP contribution in [-0.2, 0) is 14.3 Å². The smallest absolute Gasteiger partial charge is 0.338 e. The van der Waals surface area contributed by atoms with Crippen LogP contribution in [0.15, 0.2) is 48.2 Å². The number of unbranched alkanes of at least 4 members (excludes halogenated alkanes) is 1. The second-order valence-corrected chi connectivity index (χ2v) is 7.03. The van der Waals surface area contributed by atoms with E-state index in [0.29, 0.717) is 12.2 Å². The summed E-state index contributed by atoms with van der Waals surface area (Å²) in [4.78, 5) is 38.8. The molecular formula is C23H23NO5. The molecule has 6 nitrogen and oxygen atoms in total. The molecule has 0 unspecified atom stereocenters. The zero-order valence-electron chi connectivity index (χ0n) is 16.7. The Morgan fingerprint density at radius 3 is 2.52 bits per heavy atom. The lowest BCUT2D eigenvalue weighted by atomic mass is 9.98. The molecule has 150 valence electrons. The minimum Gasteiger partial charge on any atom is -0.502 e. The number of aliphatic hydroxyl groups excluding tert-OH is 1. The standard InChI is InChI=1S/C23H23NO5/c1-4-5-11-29-23(28)16-7-6-8-17(13-16)24-21(26)19(20(25)22(24)27)18-10-9-14(2)12-15(18)3/h6-10,12-13,25H,4-5,11H2,1-3H3. The largest absolute Gasteiger partial charge is 0.502 e. The van der Waals surface area contributed by atoms with Gasteiger partial charge in [-0.2, -0.15) is 0 Å². The molecule has 0 aromatic heterocycles. The van der Waals surface area contributed by atoms with Crippen LogP contribution in [0.25, 0.3) is 5.57 Å². The van der Waals surface area contributed by atoms with Crippen LogP contribution in [-0.4, -0.2) is 29.5 Å². The summed E-state index contributed by atoms with van der Waals surface area (Å²) in [6.07, 6.45) is 1.65. The highest BCUT2D eigenvalue weighted by Crippen LogP contribution is 2.33. The quantitative estimate of drug-likeness (QED) is 0.454. The topological polar surface area (TPSA) is 83.9 Å². The molecule has 2 aromatic carbocycles.